The highest BCUT2D eigenvalue weighted by Crippen LogP contribution is 2.24. The molecular formula is C12H14F4N2O. The lowest BCUT2D eigenvalue weighted by Gasteiger charge is -2.28. The van der Waals surface area contributed by atoms with E-state index >= 15 is 0 Å². The first-order valence-corrected chi connectivity index (χ1v) is 5.44. The van der Waals surface area contributed by atoms with Crippen molar-refractivity contribution < 1.29 is 22.4 Å². The average Bonchev–Trinajstić information content (AvgIpc) is 2.28. The van der Waals surface area contributed by atoms with Gasteiger partial charge in [-0.1, -0.05) is 12.1 Å². The normalized spacial score (nSPS) is 15.1. The van der Waals surface area contributed by atoms with Gasteiger partial charge in [0, 0.05) is 0 Å². The van der Waals surface area contributed by atoms with Crippen LogP contribution in [0.3, 0.4) is 0 Å². The number of rotatable bonds is 4. The molecule has 0 aliphatic heterocycles. The summed E-state index contributed by atoms with van der Waals surface area (Å²) in [6.07, 6.45) is -4.50. The molecule has 1 amide bonds. The van der Waals surface area contributed by atoms with Crippen molar-refractivity contribution in [1.29, 1.82) is 0 Å². The predicted octanol–water partition coefficient (Wildman–Crippen LogP) is 1.99. The molecule has 1 unspecified atom stereocenters. The number of amides is 1. The molecule has 0 saturated heterocycles. The summed E-state index contributed by atoms with van der Waals surface area (Å²) in [5.74, 6) is -1.63. The van der Waals surface area contributed by atoms with Crippen molar-refractivity contribution in [3.8, 4) is 0 Å². The first kappa shape index (κ1) is 15.4. The second-order valence-electron chi connectivity index (χ2n) is 4.42. The van der Waals surface area contributed by atoms with Gasteiger partial charge < -0.3 is 5.73 Å². The van der Waals surface area contributed by atoms with E-state index in [2.05, 4.69) is 0 Å². The van der Waals surface area contributed by atoms with Crippen LogP contribution in [0.4, 0.5) is 17.6 Å². The Bertz CT molecular complexity index is 487. The van der Waals surface area contributed by atoms with E-state index in [-0.39, 0.29) is 5.56 Å². The molecule has 0 bridgehead atoms. The van der Waals surface area contributed by atoms with Gasteiger partial charge >= 0.3 is 6.18 Å². The topological polar surface area (TPSA) is 55.1 Å². The minimum absolute atomic E-state index is 0.0485. The van der Waals surface area contributed by atoms with Gasteiger partial charge in [0.15, 0.2) is 0 Å². The van der Waals surface area contributed by atoms with Crippen LogP contribution >= 0.6 is 0 Å². The molecule has 0 aliphatic rings. The molecule has 0 aliphatic carbocycles. The van der Waals surface area contributed by atoms with Gasteiger partial charge in [-0.15, -0.1) is 0 Å². The monoisotopic (exact) mass is 278 g/mol. The van der Waals surface area contributed by atoms with Gasteiger partial charge in [0.25, 0.3) is 0 Å². The standard InChI is InChI=1S/C12H14F4N2O/c1-7-3-4-8(5-9(7)13)11(2,10(17)19)18-6-12(14,15)16/h3-5,18H,6H2,1-2H3,(H2,17,19). The number of carbonyl (C=O) groups excluding carboxylic acids is 1. The minimum Gasteiger partial charge on any atom is -0.368 e. The number of hydrogen-bond acceptors (Lipinski definition) is 2. The summed E-state index contributed by atoms with van der Waals surface area (Å²) in [5, 5.41) is 2.03. The smallest absolute Gasteiger partial charge is 0.368 e. The number of hydrogen-bond donors (Lipinski definition) is 2. The van der Waals surface area contributed by atoms with E-state index in [4.69, 9.17) is 5.73 Å². The highest BCUT2D eigenvalue weighted by Gasteiger charge is 2.38. The molecule has 0 aromatic heterocycles. The van der Waals surface area contributed by atoms with Crippen LogP contribution in [0.1, 0.15) is 18.1 Å². The van der Waals surface area contributed by atoms with E-state index < -0.39 is 30.0 Å². The number of aryl methyl sites for hydroxylation is 1. The third-order valence-corrected chi connectivity index (χ3v) is 2.88. The number of primary amides is 1. The molecule has 0 saturated carbocycles. The minimum atomic E-state index is -4.50. The number of carbonyl (C=O) groups is 1. The maximum Gasteiger partial charge on any atom is 0.401 e. The van der Waals surface area contributed by atoms with Crippen LogP contribution in [0, 0.1) is 12.7 Å². The highest BCUT2D eigenvalue weighted by atomic mass is 19.4. The molecular weight excluding hydrogens is 264 g/mol. The first-order chi connectivity index (χ1) is 8.56. The van der Waals surface area contributed by atoms with Crippen LogP contribution in [-0.4, -0.2) is 18.6 Å². The van der Waals surface area contributed by atoms with Crippen LogP contribution in [-0.2, 0) is 10.3 Å². The number of alkyl halides is 3. The number of benzene rings is 1. The molecule has 106 valence electrons. The van der Waals surface area contributed by atoms with E-state index in [0.717, 1.165) is 6.07 Å². The van der Waals surface area contributed by atoms with E-state index in [1.54, 1.807) is 0 Å². The maximum atomic E-state index is 13.4. The number of nitrogens with one attached hydrogen (secondary N) is 1. The quantitative estimate of drug-likeness (QED) is 0.827. The Morgan fingerprint density at radius 2 is 1.95 bits per heavy atom. The fourth-order valence-electron chi connectivity index (χ4n) is 1.51. The summed E-state index contributed by atoms with van der Waals surface area (Å²) < 4.78 is 50.1. The zero-order valence-corrected chi connectivity index (χ0v) is 10.4. The van der Waals surface area contributed by atoms with Gasteiger partial charge in [0.2, 0.25) is 5.91 Å². The summed E-state index contributed by atoms with van der Waals surface area (Å²) in [6.45, 7) is 1.29. The molecule has 0 fully saturated rings. The molecule has 1 rings (SSSR count). The SMILES string of the molecule is Cc1ccc(C(C)(NCC(F)(F)F)C(N)=O)cc1F. The third-order valence-electron chi connectivity index (χ3n) is 2.88. The molecule has 19 heavy (non-hydrogen) atoms. The van der Waals surface area contributed by atoms with Crippen molar-refractivity contribution in [3.63, 3.8) is 0 Å². The van der Waals surface area contributed by atoms with Gasteiger partial charge in [0.05, 0.1) is 6.54 Å². The van der Waals surface area contributed by atoms with Crippen LogP contribution in [0.15, 0.2) is 18.2 Å². The van der Waals surface area contributed by atoms with E-state index in [9.17, 15) is 22.4 Å². The number of halogens is 4. The third kappa shape index (κ3) is 3.66. The molecule has 3 nitrogen and oxygen atoms in total. The summed E-state index contributed by atoms with van der Waals surface area (Å²) in [4.78, 5) is 11.4. The average molecular weight is 278 g/mol. The Hall–Kier alpha value is -1.63. The molecule has 3 N–H and O–H groups in total. The second-order valence-corrected chi connectivity index (χ2v) is 4.42. The van der Waals surface area contributed by atoms with Gasteiger partial charge in [0.1, 0.15) is 11.4 Å². The van der Waals surface area contributed by atoms with E-state index in [0.29, 0.717) is 5.56 Å². The van der Waals surface area contributed by atoms with Gasteiger partial charge in [-0.2, -0.15) is 13.2 Å². The highest BCUT2D eigenvalue weighted by molar-refractivity contribution is 5.85. The largest absolute Gasteiger partial charge is 0.401 e. The van der Waals surface area contributed by atoms with Crippen LogP contribution < -0.4 is 11.1 Å². The molecule has 0 heterocycles. The summed E-state index contributed by atoms with van der Waals surface area (Å²) in [7, 11) is 0. The van der Waals surface area contributed by atoms with Crippen molar-refractivity contribution in [2.45, 2.75) is 25.6 Å². The zero-order chi connectivity index (χ0) is 14.8. The summed E-state index contributed by atoms with van der Waals surface area (Å²) >= 11 is 0. The Morgan fingerprint density at radius 3 is 2.37 bits per heavy atom. The summed E-state index contributed by atoms with van der Waals surface area (Å²) in [5.41, 5.74) is 3.72. The molecule has 7 heteroatoms. The zero-order valence-electron chi connectivity index (χ0n) is 10.4. The Morgan fingerprint density at radius 1 is 1.37 bits per heavy atom. The lowest BCUT2D eigenvalue weighted by Crippen LogP contribution is -2.53. The van der Waals surface area contributed by atoms with Crippen molar-refractivity contribution >= 4 is 5.91 Å². The van der Waals surface area contributed by atoms with Gasteiger partial charge in [-0.3, -0.25) is 10.1 Å². The van der Waals surface area contributed by atoms with Gasteiger partial charge in [-0.25, -0.2) is 4.39 Å². The first-order valence-electron chi connectivity index (χ1n) is 5.44. The lowest BCUT2D eigenvalue weighted by atomic mass is 9.90. The van der Waals surface area contributed by atoms with E-state index in [1.165, 1.54) is 26.0 Å². The van der Waals surface area contributed by atoms with Crippen molar-refractivity contribution in [2.75, 3.05) is 6.54 Å². The van der Waals surface area contributed by atoms with Crippen molar-refractivity contribution in [3.05, 3.63) is 35.1 Å². The van der Waals surface area contributed by atoms with Crippen LogP contribution in [0.2, 0.25) is 0 Å². The molecule has 1 aromatic rings. The number of nitrogens with two attached hydrogens (primary N) is 1. The predicted molar refractivity (Wildman–Crippen MR) is 61.7 cm³/mol. The Labute approximate surface area is 107 Å². The van der Waals surface area contributed by atoms with Crippen LogP contribution in [0.5, 0.6) is 0 Å². The second kappa shape index (κ2) is 5.16. The van der Waals surface area contributed by atoms with Crippen molar-refractivity contribution in [2.24, 2.45) is 5.73 Å². The van der Waals surface area contributed by atoms with E-state index in [1.807, 2.05) is 5.32 Å². The Kier molecular flexibility index (Phi) is 4.19. The fraction of sp³-hybridized carbons (Fsp3) is 0.417. The van der Waals surface area contributed by atoms with Crippen LogP contribution in [0.25, 0.3) is 0 Å². The lowest BCUT2D eigenvalue weighted by molar-refractivity contribution is -0.135. The van der Waals surface area contributed by atoms with Crippen molar-refractivity contribution in [1.82, 2.24) is 5.32 Å². The summed E-state index contributed by atoms with van der Waals surface area (Å²) in [6, 6.07) is 3.75. The molecule has 1 atom stereocenters. The fourth-order valence-corrected chi connectivity index (χ4v) is 1.51. The maximum absolute atomic E-state index is 13.4. The molecule has 0 radical (unpaired) electrons. The molecule has 1 aromatic carbocycles. The van der Waals surface area contributed by atoms with Gasteiger partial charge in [-0.05, 0) is 31.0 Å². The Balaban J connectivity index is 3.11. The molecule has 0 spiro atoms.